The fourth-order valence-corrected chi connectivity index (χ4v) is 2.51. The number of hydrogen-bond acceptors (Lipinski definition) is 2. The van der Waals surface area contributed by atoms with E-state index in [-0.39, 0.29) is 0 Å². The van der Waals surface area contributed by atoms with Gasteiger partial charge in [-0.15, -0.1) is 11.6 Å². The Labute approximate surface area is 108 Å². The van der Waals surface area contributed by atoms with E-state index in [0.717, 1.165) is 23.7 Å². The van der Waals surface area contributed by atoms with Crippen LogP contribution in [0, 0.1) is 5.92 Å². The molecule has 0 amide bonds. The average molecular weight is 255 g/mol. The average Bonchev–Trinajstić information content (AvgIpc) is 2.89. The van der Waals surface area contributed by atoms with E-state index in [0.29, 0.717) is 11.8 Å². The van der Waals surface area contributed by atoms with Gasteiger partial charge in [-0.25, -0.2) is 0 Å². The van der Waals surface area contributed by atoms with Crippen molar-refractivity contribution >= 4 is 11.6 Å². The fourth-order valence-electron chi connectivity index (χ4n) is 2.29. The zero-order valence-electron chi connectivity index (χ0n) is 10.2. The molecule has 0 unspecified atom stereocenters. The summed E-state index contributed by atoms with van der Waals surface area (Å²) in [7, 11) is 1.66. The Hall–Kier alpha value is -0.890. The number of ether oxygens (including phenoxy) is 2. The summed E-state index contributed by atoms with van der Waals surface area (Å²) < 4.78 is 11.1. The summed E-state index contributed by atoms with van der Waals surface area (Å²) in [5.74, 6) is 2.88. The van der Waals surface area contributed by atoms with Gasteiger partial charge in [-0.3, -0.25) is 0 Å². The van der Waals surface area contributed by atoms with Gasteiger partial charge in [0, 0.05) is 11.6 Å². The summed E-state index contributed by atoms with van der Waals surface area (Å²) in [5.41, 5.74) is 1.03. The minimum absolute atomic E-state index is 0.476. The van der Waals surface area contributed by atoms with Crippen molar-refractivity contribution in [1.29, 1.82) is 0 Å². The van der Waals surface area contributed by atoms with Crippen molar-refractivity contribution < 1.29 is 9.47 Å². The molecule has 1 aromatic carbocycles. The Morgan fingerprint density at radius 2 is 2.06 bits per heavy atom. The van der Waals surface area contributed by atoms with Gasteiger partial charge in [0.05, 0.1) is 19.6 Å². The third kappa shape index (κ3) is 3.29. The third-order valence-electron chi connectivity index (χ3n) is 3.37. The van der Waals surface area contributed by atoms with Crippen molar-refractivity contribution in [1.82, 2.24) is 0 Å². The van der Waals surface area contributed by atoms with Gasteiger partial charge in [-0.05, 0) is 24.8 Å². The molecule has 0 aromatic heterocycles. The molecule has 0 atom stereocenters. The predicted molar refractivity (Wildman–Crippen MR) is 70.0 cm³/mol. The highest BCUT2D eigenvalue weighted by molar-refractivity contribution is 6.17. The minimum Gasteiger partial charge on any atom is -0.497 e. The molecule has 0 spiro atoms. The first-order chi connectivity index (χ1) is 8.33. The SMILES string of the molecule is COc1ccc(CCl)c(OCC2CCCC2)c1. The molecule has 2 rings (SSSR count). The molecule has 1 saturated carbocycles. The van der Waals surface area contributed by atoms with Crippen LogP contribution >= 0.6 is 11.6 Å². The molecule has 1 aliphatic carbocycles. The van der Waals surface area contributed by atoms with E-state index < -0.39 is 0 Å². The zero-order chi connectivity index (χ0) is 12.1. The molecule has 17 heavy (non-hydrogen) atoms. The van der Waals surface area contributed by atoms with Crippen molar-refractivity contribution in [3.63, 3.8) is 0 Å². The molecule has 1 aliphatic rings. The molecule has 0 N–H and O–H groups in total. The number of halogens is 1. The molecule has 94 valence electrons. The molecule has 3 heteroatoms. The van der Waals surface area contributed by atoms with E-state index in [2.05, 4.69) is 0 Å². The summed E-state index contributed by atoms with van der Waals surface area (Å²) in [5, 5.41) is 0. The van der Waals surface area contributed by atoms with Crippen LogP contribution < -0.4 is 9.47 Å². The fraction of sp³-hybridized carbons (Fsp3) is 0.571. The normalized spacial score (nSPS) is 16.1. The Morgan fingerprint density at radius 3 is 2.71 bits per heavy atom. The highest BCUT2D eigenvalue weighted by Gasteiger charge is 2.16. The standard InChI is InChI=1S/C14H19ClO2/c1-16-13-7-6-12(9-15)14(8-13)17-10-11-4-2-3-5-11/h6-8,11H,2-5,9-10H2,1H3. The van der Waals surface area contributed by atoms with Crippen LogP contribution in [-0.4, -0.2) is 13.7 Å². The molecule has 1 aromatic rings. The number of alkyl halides is 1. The Bertz CT molecular complexity index is 359. The van der Waals surface area contributed by atoms with Crippen LogP contribution in [0.5, 0.6) is 11.5 Å². The molecule has 0 saturated heterocycles. The topological polar surface area (TPSA) is 18.5 Å². The highest BCUT2D eigenvalue weighted by atomic mass is 35.5. The molecule has 0 bridgehead atoms. The van der Waals surface area contributed by atoms with Crippen LogP contribution in [0.1, 0.15) is 31.2 Å². The van der Waals surface area contributed by atoms with Gasteiger partial charge in [-0.2, -0.15) is 0 Å². The van der Waals surface area contributed by atoms with E-state index in [1.807, 2.05) is 18.2 Å². The monoisotopic (exact) mass is 254 g/mol. The van der Waals surface area contributed by atoms with E-state index in [1.165, 1.54) is 25.7 Å². The number of hydrogen-bond donors (Lipinski definition) is 0. The number of benzene rings is 1. The first kappa shape index (κ1) is 12.6. The smallest absolute Gasteiger partial charge is 0.127 e. The second-order valence-electron chi connectivity index (χ2n) is 4.57. The lowest BCUT2D eigenvalue weighted by Crippen LogP contribution is -2.09. The van der Waals surface area contributed by atoms with Crippen molar-refractivity contribution in [2.24, 2.45) is 5.92 Å². The quantitative estimate of drug-likeness (QED) is 0.740. The van der Waals surface area contributed by atoms with Gasteiger partial charge in [-0.1, -0.05) is 18.9 Å². The molecule has 2 nitrogen and oxygen atoms in total. The highest BCUT2D eigenvalue weighted by Crippen LogP contribution is 2.29. The van der Waals surface area contributed by atoms with E-state index in [1.54, 1.807) is 7.11 Å². The largest absolute Gasteiger partial charge is 0.497 e. The summed E-state index contributed by atoms with van der Waals surface area (Å²) in [6.45, 7) is 0.803. The summed E-state index contributed by atoms with van der Waals surface area (Å²) in [6.07, 6.45) is 5.27. The van der Waals surface area contributed by atoms with Crippen LogP contribution in [0.4, 0.5) is 0 Å². The van der Waals surface area contributed by atoms with E-state index in [4.69, 9.17) is 21.1 Å². The van der Waals surface area contributed by atoms with Crippen molar-refractivity contribution in [3.8, 4) is 11.5 Å². The van der Waals surface area contributed by atoms with Crippen LogP contribution in [0.25, 0.3) is 0 Å². The Kier molecular flexibility index (Phi) is 4.55. The summed E-state index contributed by atoms with van der Waals surface area (Å²) in [6, 6.07) is 5.81. The van der Waals surface area contributed by atoms with Gasteiger partial charge < -0.3 is 9.47 Å². The van der Waals surface area contributed by atoms with E-state index >= 15 is 0 Å². The van der Waals surface area contributed by atoms with Gasteiger partial charge in [0.2, 0.25) is 0 Å². The van der Waals surface area contributed by atoms with Gasteiger partial charge in [0.15, 0.2) is 0 Å². The van der Waals surface area contributed by atoms with Crippen LogP contribution in [-0.2, 0) is 5.88 Å². The number of rotatable bonds is 5. The van der Waals surface area contributed by atoms with Gasteiger partial charge >= 0.3 is 0 Å². The Morgan fingerprint density at radius 1 is 1.29 bits per heavy atom. The molecule has 0 radical (unpaired) electrons. The maximum atomic E-state index is 5.90. The second kappa shape index (κ2) is 6.15. The molecule has 0 aliphatic heterocycles. The van der Waals surface area contributed by atoms with Crippen molar-refractivity contribution in [3.05, 3.63) is 23.8 Å². The summed E-state index contributed by atoms with van der Waals surface area (Å²) >= 11 is 5.90. The minimum atomic E-state index is 0.476. The van der Waals surface area contributed by atoms with Crippen molar-refractivity contribution in [2.45, 2.75) is 31.6 Å². The van der Waals surface area contributed by atoms with Crippen LogP contribution in [0.2, 0.25) is 0 Å². The predicted octanol–water partition coefficient (Wildman–Crippen LogP) is 4.00. The maximum Gasteiger partial charge on any atom is 0.127 e. The second-order valence-corrected chi connectivity index (χ2v) is 4.84. The maximum absolute atomic E-state index is 5.90. The molecular weight excluding hydrogens is 236 g/mol. The van der Waals surface area contributed by atoms with Gasteiger partial charge in [0.1, 0.15) is 11.5 Å². The Balaban J connectivity index is 2.01. The molecule has 0 heterocycles. The lowest BCUT2D eigenvalue weighted by molar-refractivity contribution is 0.249. The number of methoxy groups -OCH3 is 1. The van der Waals surface area contributed by atoms with Crippen LogP contribution in [0.15, 0.2) is 18.2 Å². The van der Waals surface area contributed by atoms with Crippen molar-refractivity contribution in [2.75, 3.05) is 13.7 Å². The lowest BCUT2D eigenvalue weighted by Gasteiger charge is -2.14. The summed E-state index contributed by atoms with van der Waals surface area (Å²) in [4.78, 5) is 0. The van der Waals surface area contributed by atoms with Crippen LogP contribution in [0.3, 0.4) is 0 Å². The lowest BCUT2D eigenvalue weighted by atomic mass is 10.1. The van der Waals surface area contributed by atoms with Gasteiger partial charge in [0.25, 0.3) is 0 Å². The van der Waals surface area contributed by atoms with E-state index in [9.17, 15) is 0 Å². The first-order valence-corrected chi connectivity index (χ1v) is 6.72. The molecule has 1 fully saturated rings. The zero-order valence-corrected chi connectivity index (χ0v) is 11.0. The third-order valence-corrected chi connectivity index (χ3v) is 3.66. The first-order valence-electron chi connectivity index (χ1n) is 6.19. The molecular formula is C14H19ClO2.